The molecule has 1 aromatic heterocycles. The summed E-state index contributed by atoms with van der Waals surface area (Å²) >= 11 is 0. The van der Waals surface area contributed by atoms with Crippen molar-refractivity contribution >= 4 is 22.4 Å². The average molecular weight is 292 g/mol. The van der Waals surface area contributed by atoms with Crippen LogP contribution >= 0.6 is 0 Å². The lowest BCUT2D eigenvalue weighted by atomic mass is 10.1. The van der Waals surface area contributed by atoms with Crippen LogP contribution in [-0.2, 0) is 0 Å². The van der Waals surface area contributed by atoms with Crippen molar-refractivity contribution in [2.24, 2.45) is 0 Å². The molecule has 0 spiro atoms. The summed E-state index contributed by atoms with van der Waals surface area (Å²) in [4.78, 5) is 16.5. The maximum Gasteiger partial charge on any atom is 0.274 e. The summed E-state index contributed by atoms with van der Waals surface area (Å²) in [6, 6.07) is 16.9. The molecule has 110 valence electrons. The van der Waals surface area contributed by atoms with Gasteiger partial charge in [0.1, 0.15) is 11.4 Å². The zero-order valence-corrected chi connectivity index (χ0v) is 12.2. The van der Waals surface area contributed by atoms with Crippen LogP contribution in [-0.4, -0.2) is 17.5 Å². The number of anilines is 1. The number of hydrogen-bond donors (Lipinski definition) is 1. The number of amides is 1. The highest BCUT2D eigenvalue weighted by Crippen LogP contribution is 2.17. The van der Waals surface area contributed by atoms with E-state index in [1.165, 1.54) is 0 Å². The van der Waals surface area contributed by atoms with Crippen LogP contribution in [0.15, 0.2) is 60.8 Å². The van der Waals surface area contributed by atoms with E-state index < -0.39 is 0 Å². The Hall–Kier alpha value is -2.88. The van der Waals surface area contributed by atoms with Crippen molar-refractivity contribution in [1.29, 1.82) is 0 Å². The van der Waals surface area contributed by atoms with E-state index in [4.69, 9.17) is 4.74 Å². The zero-order valence-electron chi connectivity index (χ0n) is 12.2. The maximum absolute atomic E-state index is 12.3. The molecule has 0 saturated heterocycles. The number of carbonyl (C=O) groups is 1. The molecule has 1 amide bonds. The van der Waals surface area contributed by atoms with E-state index in [2.05, 4.69) is 10.3 Å². The van der Waals surface area contributed by atoms with Crippen molar-refractivity contribution in [2.45, 2.75) is 6.92 Å². The predicted octanol–water partition coefficient (Wildman–Crippen LogP) is 3.89. The molecule has 0 unspecified atom stereocenters. The number of carbonyl (C=O) groups excluding carboxylic acids is 1. The molecule has 3 rings (SSSR count). The van der Waals surface area contributed by atoms with Crippen LogP contribution in [0, 0.1) is 0 Å². The Bertz CT molecular complexity index is 798. The first kappa shape index (κ1) is 14.1. The van der Waals surface area contributed by atoms with Gasteiger partial charge in [-0.1, -0.05) is 24.3 Å². The van der Waals surface area contributed by atoms with Gasteiger partial charge in [-0.25, -0.2) is 0 Å². The molecule has 4 nitrogen and oxygen atoms in total. The van der Waals surface area contributed by atoms with Gasteiger partial charge in [-0.2, -0.15) is 0 Å². The van der Waals surface area contributed by atoms with E-state index in [0.29, 0.717) is 18.0 Å². The molecule has 0 bridgehead atoms. The third-order valence-corrected chi connectivity index (χ3v) is 3.29. The SMILES string of the molecule is CCOc1ccc(NC(=O)c2cc3ccccc3cn2)cc1. The average Bonchev–Trinajstić information content (AvgIpc) is 2.56. The normalized spacial score (nSPS) is 10.4. The molecule has 1 N–H and O–H groups in total. The van der Waals surface area contributed by atoms with Crippen LogP contribution in [0.3, 0.4) is 0 Å². The van der Waals surface area contributed by atoms with Crippen molar-refractivity contribution in [3.8, 4) is 5.75 Å². The highest BCUT2D eigenvalue weighted by molar-refractivity contribution is 6.04. The topological polar surface area (TPSA) is 51.2 Å². The molecule has 0 aliphatic carbocycles. The second-order valence-corrected chi connectivity index (χ2v) is 4.83. The Kier molecular flexibility index (Phi) is 4.01. The predicted molar refractivity (Wildman–Crippen MR) is 87.3 cm³/mol. The van der Waals surface area contributed by atoms with Crippen molar-refractivity contribution in [3.63, 3.8) is 0 Å². The van der Waals surface area contributed by atoms with Crippen LogP contribution in [0.4, 0.5) is 5.69 Å². The minimum atomic E-state index is -0.227. The molecule has 4 heteroatoms. The fourth-order valence-corrected chi connectivity index (χ4v) is 2.20. The van der Waals surface area contributed by atoms with Crippen LogP contribution in [0.5, 0.6) is 5.75 Å². The number of ether oxygens (including phenoxy) is 1. The fraction of sp³-hybridized carbons (Fsp3) is 0.111. The Balaban J connectivity index is 1.77. The van der Waals surface area contributed by atoms with Crippen LogP contribution in [0.25, 0.3) is 10.8 Å². The minimum absolute atomic E-state index is 0.227. The molecule has 0 aliphatic heterocycles. The van der Waals surface area contributed by atoms with Gasteiger partial charge in [0.15, 0.2) is 0 Å². The Morgan fingerprint density at radius 1 is 1.09 bits per heavy atom. The van der Waals surface area contributed by atoms with Gasteiger partial charge in [0.25, 0.3) is 5.91 Å². The first-order chi connectivity index (χ1) is 10.8. The van der Waals surface area contributed by atoms with Gasteiger partial charge in [-0.3, -0.25) is 9.78 Å². The van der Waals surface area contributed by atoms with E-state index in [-0.39, 0.29) is 5.91 Å². The molecule has 0 radical (unpaired) electrons. The summed E-state index contributed by atoms with van der Waals surface area (Å²) in [6.45, 7) is 2.55. The molecule has 22 heavy (non-hydrogen) atoms. The van der Waals surface area contributed by atoms with Gasteiger partial charge < -0.3 is 10.1 Å². The zero-order chi connectivity index (χ0) is 15.4. The molecular weight excluding hydrogens is 276 g/mol. The number of hydrogen-bond acceptors (Lipinski definition) is 3. The lowest BCUT2D eigenvalue weighted by Crippen LogP contribution is -2.13. The summed E-state index contributed by atoms with van der Waals surface area (Å²) in [5.41, 5.74) is 1.11. The van der Waals surface area contributed by atoms with Gasteiger partial charge in [0.05, 0.1) is 6.61 Å². The molecule has 0 aliphatic rings. The largest absolute Gasteiger partial charge is 0.494 e. The molecule has 3 aromatic rings. The fourth-order valence-electron chi connectivity index (χ4n) is 2.20. The van der Waals surface area contributed by atoms with Gasteiger partial charge >= 0.3 is 0 Å². The number of rotatable bonds is 4. The second kappa shape index (κ2) is 6.26. The maximum atomic E-state index is 12.3. The van der Waals surface area contributed by atoms with E-state index in [0.717, 1.165) is 16.5 Å². The van der Waals surface area contributed by atoms with Crippen LogP contribution in [0.1, 0.15) is 17.4 Å². The number of nitrogens with zero attached hydrogens (tertiary/aromatic N) is 1. The standard InChI is InChI=1S/C18H16N2O2/c1-2-22-16-9-7-15(8-10-16)20-18(21)17-11-13-5-3-4-6-14(13)12-19-17/h3-12H,2H2,1H3,(H,20,21). The summed E-state index contributed by atoms with van der Waals surface area (Å²) in [6.07, 6.45) is 1.71. The van der Waals surface area contributed by atoms with E-state index >= 15 is 0 Å². The van der Waals surface area contributed by atoms with E-state index in [1.54, 1.807) is 12.3 Å². The molecule has 0 fully saturated rings. The number of benzene rings is 2. The number of pyridine rings is 1. The summed E-state index contributed by atoms with van der Waals surface area (Å²) in [5.74, 6) is 0.555. The number of aromatic nitrogens is 1. The van der Waals surface area contributed by atoms with Gasteiger partial charge in [0, 0.05) is 17.3 Å². The quantitative estimate of drug-likeness (QED) is 0.793. The Labute approximate surface area is 128 Å². The summed E-state index contributed by atoms with van der Waals surface area (Å²) < 4.78 is 5.37. The van der Waals surface area contributed by atoms with Gasteiger partial charge in [-0.15, -0.1) is 0 Å². The number of fused-ring (bicyclic) bond motifs is 1. The minimum Gasteiger partial charge on any atom is -0.494 e. The summed E-state index contributed by atoms with van der Waals surface area (Å²) in [5, 5.41) is 4.84. The molecular formula is C18H16N2O2. The second-order valence-electron chi connectivity index (χ2n) is 4.83. The molecule has 1 heterocycles. The number of nitrogens with one attached hydrogen (secondary N) is 1. The summed E-state index contributed by atoms with van der Waals surface area (Å²) in [7, 11) is 0. The van der Waals surface area contributed by atoms with Crippen LogP contribution in [0.2, 0.25) is 0 Å². The monoisotopic (exact) mass is 292 g/mol. The molecule has 0 saturated carbocycles. The Morgan fingerprint density at radius 3 is 2.55 bits per heavy atom. The van der Waals surface area contributed by atoms with Gasteiger partial charge in [0.2, 0.25) is 0 Å². The Morgan fingerprint density at radius 2 is 1.82 bits per heavy atom. The molecule has 2 aromatic carbocycles. The lowest BCUT2D eigenvalue weighted by molar-refractivity contribution is 0.102. The van der Waals surface area contributed by atoms with Crippen molar-refractivity contribution < 1.29 is 9.53 Å². The lowest BCUT2D eigenvalue weighted by Gasteiger charge is -2.07. The van der Waals surface area contributed by atoms with Gasteiger partial charge in [-0.05, 0) is 42.6 Å². The van der Waals surface area contributed by atoms with Crippen LogP contribution < -0.4 is 10.1 Å². The van der Waals surface area contributed by atoms with Crippen molar-refractivity contribution in [1.82, 2.24) is 4.98 Å². The highest BCUT2D eigenvalue weighted by Gasteiger charge is 2.08. The third kappa shape index (κ3) is 3.06. The smallest absolute Gasteiger partial charge is 0.274 e. The van der Waals surface area contributed by atoms with Crippen molar-refractivity contribution in [3.05, 3.63) is 66.5 Å². The third-order valence-electron chi connectivity index (χ3n) is 3.29. The van der Waals surface area contributed by atoms with Crippen molar-refractivity contribution in [2.75, 3.05) is 11.9 Å². The van der Waals surface area contributed by atoms with E-state index in [1.807, 2.05) is 55.5 Å². The first-order valence-corrected chi connectivity index (χ1v) is 7.15. The van der Waals surface area contributed by atoms with E-state index in [9.17, 15) is 4.79 Å². The first-order valence-electron chi connectivity index (χ1n) is 7.15. The molecule has 0 atom stereocenters. The highest BCUT2D eigenvalue weighted by atomic mass is 16.5.